The van der Waals surface area contributed by atoms with E-state index in [0.717, 1.165) is 77.0 Å². The summed E-state index contributed by atoms with van der Waals surface area (Å²) in [6, 6.07) is 0. The minimum atomic E-state index is -0.775. The Balaban J connectivity index is 4.04. The molecule has 0 amide bonds. The summed E-state index contributed by atoms with van der Waals surface area (Å²) in [5.41, 5.74) is 0. The van der Waals surface area contributed by atoms with Gasteiger partial charge in [0.25, 0.3) is 0 Å². The van der Waals surface area contributed by atoms with Gasteiger partial charge in [0.2, 0.25) is 0 Å². The standard InChI is InChI=1S/C72H136O6/c1-4-7-10-13-16-19-22-25-27-28-29-30-31-32-33-34-35-36-37-38-39-40-41-42-43-44-45-48-50-53-56-59-62-65-71(74)77-68-69(67-76-70(73)64-61-58-55-52-49-46-24-21-18-15-12-9-6-3)78-72(75)66-63-60-57-54-51-47-26-23-20-17-14-11-8-5-2/h14,17,23,26,69H,4-13,15-16,18-22,24-25,27-68H2,1-3H3/b17-14-,26-23-. The molecular formula is C72H136O6. The number of carbonyl (C=O) groups excluding carboxylic acids is 3. The summed E-state index contributed by atoms with van der Waals surface area (Å²) < 4.78 is 16.9. The average molecular weight is 1100 g/mol. The molecule has 0 saturated carbocycles. The third-order valence-electron chi connectivity index (χ3n) is 16.2. The van der Waals surface area contributed by atoms with E-state index in [-0.39, 0.29) is 31.1 Å². The van der Waals surface area contributed by atoms with Crippen molar-refractivity contribution in [3.8, 4) is 0 Å². The lowest BCUT2D eigenvalue weighted by Crippen LogP contribution is -2.30. The lowest BCUT2D eigenvalue weighted by Gasteiger charge is -2.18. The summed E-state index contributed by atoms with van der Waals surface area (Å²) in [7, 11) is 0. The molecule has 0 spiro atoms. The molecule has 0 aromatic rings. The Bertz CT molecular complexity index is 1260. The third-order valence-corrected chi connectivity index (χ3v) is 16.2. The quantitative estimate of drug-likeness (QED) is 0.0261. The van der Waals surface area contributed by atoms with Gasteiger partial charge >= 0.3 is 17.9 Å². The molecule has 0 rings (SSSR count). The highest BCUT2D eigenvalue weighted by molar-refractivity contribution is 5.71. The van der Waals surface area contributed by atoms with E-state index in [4.69, 9.17) is 14.2 Å². The van der Waals surface area contributed by atoms with Gasteiger partial charge in [-0.15, -0.1) is 0 Å². The Morgan fingerprint density at radius 1 is 0.256 bits per heavy atom. The number of rotatable bonds is 66. The first-order chi connectivity index (χ1) is 38.5. The molecule has 0 heterocycles. The molecule has 1 atom stereocenters. The van der Waals surface area contributed by atoms with Gasteiger partial charge in [-0.2, -0.15) is 0 Å². The van der Waals surface area contributed by atoms with Crippen molar-refractivity contribution in [3.63, 3.8) is 0 Å². The normalized spacial score (nSPS) is 12.1. The number of hydrogen-bond acceptors (Lipinski definition) is 6. The van der Waals surface area contributed by atoms with Gasteiger partial charge in [0.15, 0.2) is 6.10 Å². The van der Waals surface area contributed by atoms with Gasteiger partial charge in [-0.25, -0.2) is 0 Å². The molecule has 0 aliphatic rings. The molecule has 6 nitrogen and oxygen atoms in total. The second kappa shape index (κ2) is 67.4. The van der Waals surface area contributed by atoms with Crippen molar-refractivity contribution in [1.82, 2.24) is 0 Å². The maximum atomic E-state index is 12.9. The zero-order valence-corrected chi connectivity index (χ0v) is 53.0. The smallest absolute Gasteiger partial charge is 0.306 e. The van der Waals surface area contributed by atoms with Crippen LogP contribution in [-0.4, -0.2) is 37.2 Å². The molecule has 0 aromatic heterocycles. The van der Waals surface area contributed by atoms with Gasteiger partial charge in [-0.05, 0) is 44.9 Å². The summed E-state index contributed by atoms with van der Waals surface area (Å²) in [5.74, 6) is -0.858. The van der Waals surface area contributed by atoms with Crippen LogP contribution in [0.4, 0.5) is 0 Å². The summed E-state index contributed by atoms with van der Waals surface area (Å²) in [4.78, 5) is 38.3. The van der Waals surface area contributed by atoms with Crippen molar-refractivity contribution in [2.45, 2.75) is 406 Å². The molecule has 0 N–H and O–H groups in total. The second-order valence-corrected chi connectivity index (χ2v) is 24.2. The predicted octanol–water partition coefficient (Wildman–Crippen LogP) is 24.2. The Labute approximate surface area is 487 Å². The predicted molar refractivity (Wildman–Crippen MR) is 340 cm³/mol. The fraction of sp³-hybridized carbons (Fsp3) is 0.903. The highest BCUT2D eigenvalue weighted by Gasteiger charge is 2.19. The van der Waals surface area contributed by atoms with Crippen LogP contribution in [0, 0.1) is 0 Å². The van der Waals surface area contributed by atoms with Crippen LogP contribution in [0.15, 0.2) is 24.3 Å². The van der Waals surface area contributed by atoms with Gasteiger partial charge in [-0.3, -0.25) is 14.4 Å². The molecule has 6 heteroatoms. The van der Waals surface area contributed by atoms with E-state index in [1.165, 1.54) is 283 Å². The maximum Gasteiger partial charge on any atom is 0.306 e. The van der Waals surface area contributed by atoms with Crippen LogP contribution in [0.2, 0.25) is 0 Å². The lowest BCUT2D eigenvalue weighted by atomic mass is 10.0. The van der Waals surface area contributed by atoms with E-state index in [1.54, 1.807) is 0 Å². The fourth-order valence-corrected chi connectivity index (χ4v) is 10.9. The Hall–Kier alpha value is -2.11. The monoisotopic (exact) mass is 1100 g/mol. The largest absolute Gasteiger partial charge is 0.462 e. The van der Waals surface area contributed by atoms with Gasteiger partial charge < -0.3 is 14.2 Å². The Kier molecular flexibility index (Phi) is 65.6. The average Bonchev–Trinajstić information content (AvgIpc) is 3.44. The lowest BCUT2D eigenvalue weighted by molar-refractivity contribution is -0.167. The van der Waals surface area contributed by atoms with Crippen molar-refractivity contribution in [2.24, 2.45) is 0 Å². The molecular weight excluding hydrogens is 961 g/mol. The van der Waals surface area contributed by atoms with E-state index in [2.05, 4.69) is 45.1 Å². The van der Waals surface area contributed by atoms with Crippen molar-refractivity contribution >= 4 is 17.9 Å². The number of allylic oxidation sites excluding steroid dienone is 4. The second-order valence-electron chi connectivity index (χ2n) is 24.2. The van der Waals surface area contributed by atoms with Crippen molar-refractivity contribution < 1.29 is 28.6 Å². The summed E-state index contributed by atoms with van der Waals surface area (Å²) in [6.07, 6.45) is 82.3. The van der Waals surface area contributed by atoms with E-state index in [1.807, 2.05) is 0 Å². The van der Waals surface area contributed by atoms with Crippen LogP contribution < -0.4 is 0 Å². The van der Waals surface area contributed by atoms with Crippen LogP contribution >= 0.6 is 0 Å². The number of esters is 3. The molecule has 0 aliphatic heterocycles. The van der Waals surface area contributed by atoms with E-state index < -0.39 is 6.10 Å². The van der Waals surface area contributed by atoms with Gasteiger partial charge in [0.05, 0.1) is 0 Å². The van der Waals surface area contributed by atoms with Crippen LogP contribution in [0.3, 0.4) is 0 Å². The zero-order valence-electron chi connectivity index (χ0n) is 53.0. The molecule has 0 aromatic carbocycles. The molecule has 0 bridgehead atoms. The summed E-state index contributed by atoms with van der Waals surface area (Å²) in [5, 5.41) is 0. The number of carbonyl (C=O) groups is 3. The van der Waals surface area contributed by atoms with Gasteiger partial charge in [0, 0.05) is 19.3 Å². The highest BCUT2D eigenvalue weighted by Crippen LogP contribution is 2.19. The van der Waals surface area contributed by atoms with E-state index in [9.17, 15) is 14.4 Å². The van der Waals surface area contributed by atoms with Gasteiger partial charge in [0.1, 0.15) is 13.2 Å². The van der Waals surface area contributed by atoms with E-state index >= 15 is 0 Å². The molecule has 78 heavy (non-hydrogen) atoms. The minimum absolute atomic E-state index is 0.0711. The third kappa shape index (κ3) is 64.7. The molecule has 0 saturated heterocycles. The van der Waals surface area contributed by atoms with Crippen LogP contribution in [-0.2, 0) is 28.6 Å². The molecule has 0 fully saturated rings. The molecule has 460 valence electrons. The Morgan fingerprint density at radius 3 is 0.744 bits per heavy atom. The minimum Gasteiger partial charge on any atom is -0.462 e. The van der Waals surface area contributed by atoms with Crippen LogP contribution in [0.25, 0.3) is 0 Å². The highest BCUT2D eigenvalue weighted by atomic mass is 16.6. The number of ether oxygens (including phenoxy) is 3. The van der Waals surface area contributed by atoms with Crippen molar-refractivity contribution in [2.75, 3.05) is 13.2 Å². The van der Waals surface area contributed by atoms with E-state index in [0.29, 0.717) is 19.3 Å². The molecule has 0 aliphatic carbocycles. The first-order valence-electron chi connectivity index (χ1n) is 35.3. The zero-order chi connectivity index (χ0) is 56.4. The van der Waals surface area contributed by atoms with Crippen LogP contribution in [0.5, 0.6) is 0 Å². The summed E-state index contributed by atoms with van der Waals surface area (Å²) >= 11 is 0. The first kappa shape index (κ1) is 75.9. The van der Waals surface area contributed by atoms with Crippen molar-refractivity contribution in [3.05, 3.63) is 24.3 Å². The Morgan fingerprint density at radius 2 is 0.474 bits per heavy atom. The number of unbranched alkanes of at least 4 members (excludes halogenated alkanes) is 51. The fourth-order valence-electron chi connectivity index (χ4n) is 10.9. The topological polar surface area (TPSA) is 78.9 Å². The SMILES string of the molecule is CCCC/C=C\C/C=C\CCCCCCCC(=O)OC(COC(=O)CCCCCCCCCCCCCCC)COC(=O)CCCCCCCCCCCCCCCCCCCCCCCCCCCCCCCCCCC. The summed E-state index contributed by atoms with van der Waals surface area (Å²) in [6.45, 7) is 6.66. The van der Waals surface area contributed by atoms with Crippen molar-refractivity contribution in [1.29, 1.82) is 0 Å². The maximum absolute atomic E-state index is 12.9. The van der Waals surface area contributed by atoms with Crippen LogP contribution in [0.1, 0.15) is 400 Å². The first-order valence-corrected chi connectivity index (χ1v) is 35.3. The molecule has 0 radical (unpaired) electrons. The number of hydrogen-bond donors (Lipinski definition) is 0. The van der Waals surface area contributed by atoms with Gasteiger partial charge in [-0.1, -0.05) is 360 Å². The molecule has 1 unspecified atom stereocenters.